The second kappa shape index (κ2) is 8.18. The van der Waals surface area contributed by atoms with Gasteiger partial charge in [0.2, 0.25) is 10.0 Å². The molecule has 0 unspecified atom stereocenters. The van der Waals surface area contributed by atoms with Crippen molar-refractivity contribution >= 4 is 10.0 Å². The fourth-order valence-electron chi connectivity index (χ4n) is 1.49. The molecule has 0 aliphatic carbocycles. The van der Waals surface area contributed by atoms with Gasteiger partial charge in [0, 0.05) is 18.9 Å². The maximum atomic E-state index is 11.7. The highest BCUT2D eigenvalue weighted by atomic mass is 32.2. The fraction of sp³-hybridized carbons (Fsp3) is 0.583. The predicted molar refractivity (Wildman–Crippen MR) is 72.9 cm³/mol. The monoisotopic (exact) mass is 271 g/mol. The van der Waals surface area contributed by atoms with Crippen LogP contribution in [0.3, 0.4) is 0 Å². The summed E-state index contributed by atoms with van der Waals surface area (Å²) in [5, 5.41) is 3.15. The van der Waals surface area contributed by atoms with Gasteiger partial charge >= 0.3 is 0 Å². The quantitative estimate of drug-likeness (QED) is 0.643. The van der Waals surface area contributed by atoms with Crippen molar-refractivity contribution in [2.24, 2.45) is 0 Å². The second-order valence-corrected chi connectivity index (χ2v) is 5.95. The number of sulfonamides is 1. The van der Waals surface area contributed by atoms with Crippen LogP contribution in [0.5, 0.6) is 0 Å². The van der Waals surface area contributed by atoms with Crippen LogP contribution in [0.2, 0.25) is 0 Å². The first kappa shape index (κ1) is 15.1. The van der Waals surface area contributed by atoms with E-state index < -0.39 is 10.0 Å². The minimum atomic E-state index is -3.17. The molecule has 6 heteroatoms. The maximum absolute atomic E-state index is 11.7. The summed E-state index contributed by atoms with van der Waals surface area (Å²) in [5.41, 5.74) is 0.989. The molecule has 1 heterocycles. The molecule has 2 N–H and O–H groups in total. The van der Waals surface area contributed by atoms with Crippen LogP contribution in [0.4, 0.5) is 0 Å². The zero-order valence-electron chi connectivity index (χ0n) is 10.7. The molecule has 0 saturated heterocycles. The Morgan fingerprint density at radius 2 is 1.94 bits per heavy atom. The SMILES string of the molecule is CCNCCCNS(=O)(=O)CCc1ccncc1. The Hall–Kier alpha value is -0.980. The van der Waals surface area contributed by atoms with Crippen molar-refractivity contribution in [2.75, 3.05) is 25.4 Å². The lowest BCUT2D eigenvalue weighted by atomic mass is 10.2. The van der Waals surface area contributed by atoms with Crippen LogP contribution >= 0.6 is 0 Å². The van der Waals surface area contributed by atoms with Gasteiger partial charge < -0.3 is 5.32 Å². The first-order valence-corrected chi connectivity index (χ1v) is 7.86. The standard InChI is InChI=1S/C12H21N3O2S/c1-2-13-7-3-8-15-18(16,17)11-6-12-4-9-14-10-5-12/h4-5,9-10,13,15H,2-3,6-8,11H2,1H3. The van der Waals surface area contributed by atoms with E-state index in [1.165, 1.54) is 0 Å². The molecular weight excluding hydrogens is 250 g/mol. The summed E-state index contributed by atoms with van der Waals surface area (Å²) in [6, 6.07) is 3.67. The molecule has 0 amide bonds. The lowest BCUT2D eigenvalue weighted by Crippen LogP contribution is -2.30. The molecular formula is C12H21N3O2S. The zero-order valence-corrected chi connectivity index (χ0v) is 11.5. The molecule has 0 radical (unpaired) electrons. The number of nitrogens with one attached hydrogen (secondary N) is 2. The summed E-state index contributed by atoms with van der Waals surface area (Å²) < 4.78 is 26.0. The number of nitrogens with zero attached hydrogens (tertiary/aromatic N) is 1. The van der Waals surface area contributed by atoms with Crippen LogP contribution in [0.15, 0.2) is 24.5 Å². The number of hydrogen-bond acceptors (Lipinski definition) is 4. The normalized spacial score (nSPS) is 11.6. The molecule has 1 aromatic heterocycles. The number of hydrogen-bond donors (Lipinski definition) is 2. The third-order valence-corrected chi connectivity index (χ3v) is 3.90. The highest BCUT2D eigenvalue weighted by Gasteiger charge is 2.09. The molecule has 0 bridgehead atoms. The molecule has 0 saturated carbocycles. The largest absolute Gasteiger partial charge is 0.317 e. The van der Waals surface area contributed by atoms with Gasteiger partial charge in [0.25, 0.3) is 0 Å². The number of pyridine rings is 1. The first-order valence-electron chi connectivity index (χ1n) is 6.21. The van der Waals surface area contributed by atoms with Crippen molar-refractivity contribution in [3.8, 4) is 0 Å². The highest BCUT2D eigenvalue weighted by Crippen LogP contribution is 1.99. The van der Waals surface area contributed by atoms with Gasteiger partial charge in [-0.05, 0) is 43.6 Å². The van der Waals surface area contributed by atoms with Crippen LogP contribution in [0, 0.1) is 0 Å². The van der Waals surface area contributed by atoms with E-state index in [9.17, 15) is 8.42 Å². The average Bonchev–Trinajstić information content (AvgIpc) is 2.38. The van der Waals surface area contributed by atoms with Crippen molar-refractivity contribution in [1.82, 2.24) is 15.0 Å². The van der Waals surface area contributed by atoms with Gasteiger partial charge in [0.15, 0.2) is 0 Å². The van der Waals surface area contributed by atoms with Gasteiger partial charge in [-0.3, -0.25) is 4.98 Å². The fourth-order valence-corrected chi connectivity index (χ4v) is 2.60. The van der Waals surface area contributed by atoms with Crippen molar-refractivity contribution in [3.63, 3.8) is 0 Å². The summed E-state index contributed by atoms with van der Waals surface area (Å²) in [6.45, 7) is 4.27. The zero-order chi connectivity index (χ0) is 13.3. The van der Waals surface area contributed by atoms with Gasteiger partial charge in [-0.1, -0.05) is 6.92 Å². The maximum Gasteiger partial charge on any atom is 0.211 e. The molecule has 0 atom stereocenters. The molecule has 18 heavy (non-hydrogen) atoms. The average molecular weight is 271 g/mol. The van der Waals surface area contributed by atoms with Gasteiger partial charge in [-0.2, -0.15) is 0 Å². The van der Waals surface area contributed by atoms with Crippen LogP contribution in [0.1, 0.15) is 18.9 Å². The molecule has 0 spiro atoms. The van der Waals surface area contributed by atoms with Gasteiger partial charge in [-0.25, -0.2) is 13.1 Å². The lowest BCUT2D eigenvalue weighted by Gasteiger charge is -2.07. The summed E-state index contributed by atoms with van der Waals surface area (Å²) in [7, 11) is -3.17. The topological polar surface area (TPSA) is 71.1 Å². The Labute approximate surface area is 109 Å². The van der Waals surface area contributed by atoms with Crippen molar-refractivity contribution in [2.45, 2.75) is 19.8 Å². The summed E-state index contributed by atoms with van der Waals surface area (Å²) >= 11 is 0. The van der Waals surface area contributed by atoms with E-state index in [4.69, 9.17) is 0 Å². The van der Waals surface area contributed by atoms with Crippen molar-refractivity contribution in [1.29, 1.82) is 0 Å². The number of aromatic nitrogens is 1. The van der Waals surface area contributed by atoms with E-state index in [1.54, 1.807) is 12.4 Å². The summed E-state index contributed by atoms with van der Waals surface area (Å²) in [4.78, 5) is 3.90. The lowest BCUT2D eigenvalue weighted by molar-refractivity contribution is 0.574. The minimum Gasteiger partial charge on any atom is -0.317 e. The van der Waals surface area contributed by atoms with Crippen LogP contribution in [-0.2, 0) is 16.4 Å². The number of rotatable bonds is 9. The van der Waals surface area contributed by atoms with E-state index in [1.807, 2.05) is 19.1 Å². The second-order valence-electron chi connectivity index (χ2n) is 4.03. The third-order valence-electron chi connectivity index (χ3n) is 2.51. The predicted octanol–water partition coefficient (Wildman–Crippen LogP) is 0.543. The van der Waals surface area contributed by atoms with Crippen LogP contribution in [0.25, 0.3) is 0 Å². The van der Waals surface area contributed by atoms with Gasteiger partial charge in [-0.15, -0.1) is 0 Å². The van der Waals surface area contributed by atoms with E-state index in [0.717, 1.165) is 25.1 Å². The first-order chi connectivity index (χ1) is 8.64. The van der Waals surface area contributed by atoms with Crippen LogP contribution < -0.4 is 10.0 Å². The molecule has 5 nitrogen and oxygen atoms in total. The van der Waals surface area contributed by atoms with E-state index in [-0.39, 0.29) is 5.75 Å². The smallest absolute Gasteiger partial charge is 0.211 e. The molecule has 0 aliphatic heterocycles. The van der Waals surface area contributed by atoms with Crippen molar-refractivity contribution < 1.29 is 8.42 Å². The molecule has 0 fully saturated rings. The molecule has 1 rings (SSSR count). The molecule has 0 aromatic carbocycles. The summed E-state index contributed by atoms with van der Waals surface area (Å²) in [6.07, 6.45) is 4.67. The molecule has 102 valence electrons. The Morgan fingerprint density at radius 1 is 1.22 bits per heavy atom. The Kier molecular flexibility index (Phi) is 6.85. The Balaban J connectivity index is 2.23. The third kappa shape index (κ3) is 6.68. The minimum absolute atomic E-state index is 0.123. The van der Waals surface area contributed by atoms with E-state index in [2.05, 4.69) is 15.0 Å². The van der Waals surface area contributed by atoms with E-state index in [0.29, 0.717) is 13.0 Å². The van der Waals surface area contributed by atoms with Gasteiger partial charge in [0.1, 0.15) is 0 Å². The van der Waals surface area contributed by atoms with E-state index >= 15 is 0 Å². The summed E-state index contributed by atoms with van der Waals surface area (Å²) in [5.74, 6) is 0.123. The van der Waals surface area contributed by atoms with Gasteiger partial charge in [0.05, 0.1) is 5.75 Å². The molecule has 1 aromatic rings. The van der Waals surface area contributed by atoms with Crippen LogP contribution in [-0.4, -0.2) is 38.8 Å². The number of aryl methyl sites for hydroxylation is 1. The highest BCUT2D eigenvalue weighted by molar-refractivity contribution is 7.89. The Bertz CT molecular complexity index is 420. The molecule has 0 aliphatic rings. The Morgan fingerprint density at radius 3 is 2.61 bits per heavy atom. The van der Waals surface area contributed by atoms with Crippen molar-refractivity contribution in [3.05, 3.63) is 30.1 Å².